The van der Waals surface area contributed by atoms with E-state index in [1.807, 2.05) is 42.6 Å². The molecule has 2 heterocycles. The smallest absolute Gasteiger partial charge is 0.211 e. The average molecular weight is 445 g/mol. The molecule has 32 heavy (non-hydrogen) atoms. The number of nitrogens with zero attached hydrogens (tertiary/aromatic N) is 4. The molecule has 0 aliphatic carbocycles. The largest absolute Gasteiger partial charge is 0.489 e. The van der Waals surface area contributed by atoms with Gasteiger partial charge in [0.05, 0.1) is 5.69 Å². The first-order valence-corrected chi connectivity index (χ1v) is 9.84. The maximum atomic E-state index is 9.50. The number of aromatic nitrogens is 1. The van der Waals surface area contributed by atoms with Crippen LogP contribution in [0.25, 0.3) is 0 Å². The highest BCUT2D eigenvalue weighted by atomic mass is 35.5. The standard InChI is InChI=1S/C22H17ClN8O/c23-13-6-7-16(32-10-12-4-2-1-3-5-12)14(8-13)19-17-18(26)15(9-24)20(27)30-21(17)31-22(29-19)28-11-25/h1-8,19H,10H2,(H6,26,27,28,29,30,31). The predicted molar refractivity (Wildman–Crippen MR) is 122 cm³/mol. The summed E-state index contributed by atoms with van der Waals surface area (Å²) in [6.07, 6.45) is 1.82. The van der Waals surface area contributed by atoms with E-state index in [1.54, 1.807) is 18.2 Å². The van der Waals surface area contributed by atoms with E-state index in [2.05, 4.69) is 20.6 Å². The molecule has 9 nitrogen and oxygen atoms in total. The highest BCUT2D eigenvalue weighted by Gasteiger charge is 2.31. The molecule has 0 radical (unpaired) electrons. The van der Waals surface area contributed by atoms with Crippen LogP contribution in [0.15, 0.2) is 53.5 Å². The third-order valence-corrected chi connectivity index (χ3v) is 5.10. The zero-order valence-corrected chi connectivity index (χ0v) is 17.4. The van der Waals surface area contributed by atoms with Gasteiger partial charge in [-0.2, -0.15) is 10.5 Å². The van der Waals surface area contributed by atoms with Crippen LogP contribution in [0, 0.1) is 22.8 Å². The van der Waals surface area contributed by atoms with Crippen LogP contribution in [0.3, 0.4) is 0 Å². The quantitative estimate of drug-likeness (QED) is 0.352. The van der Waals surface area contributed by atoms with Crippen molar-refractivity contribution in [3.05, 3.63) is 75.8 Å². The molecule has 1 aliphatic rings. The van der Waals surface area contributed by atoms with Crippen molar-refractivity contribution in [2.75, 3.05) is 16.8 Å². The number of anilines is 3. The van der Waals surface area contributed by atoms with Crippen LogP contribution in [0.5, 0.6) is 5.75 Å². The van der Waals surface area contributed by atoms with E-state index in [9.17, 15) is 5.26 Å². The Morgan fingerprint density at radius 1 is 1.16 bits per heavy atom. The number of pyridine rings is 1. The number of halogens is 1. The van der Waals surface area contributed by atoms with Gasteiger partial charge in [-0.1, -0.05) is 41.9 Å². The van der Waals surface area contributed by atoms with Gasteiger partial charge >= 0.3 is 0 Å². The Bertz CT molecular complexity index is 1290. The van der Waals surface area contributed by atoms with Gasteiger partial charge in [0.2, 0.25) is 5.96 Å². The molecule has 4 rings (SSSR count). The number of guanidine groups is 1. The summed E-state index contributed by atoms with van der Waals surface area (Å²) < 4.78 is 6.08. The molecule has 1 unspecified atom stereocenters. The monoisotopic (exact) mass is 444 g/mol. The van der Waals surface area contributed by atoms with Gasteiger partial charge in [-0.25, -0.2) is 9.98 Å². The number of ether oxygens (including phenoxy) is 1. The number of fused-ring (bicyclic) bond motifs is 1. The average Bonchev–Trinajstić information content (AvgIpc) is 2.78. The minimum Gasteiger partial charge on any atom is -0.489 e. The molecule has 10 heteroatoms. The molecule has 2 aromatic carbocycles. The molecule has 0 saturated carbocycles. The van der Waals surface area contributed by atoms with E-state index in [-0.39, 0.29) is 28.8 Å². The highest BCUT2D eigenvalue weighted by Crippen LogP contribution is 2.44. The molecule has 3 aromatic rings. The highest BCUT2D eigenvalue weighted by molar-refractivity contribution is 6.30. The summed E-state index contributed by atoms with van der Waals surface area (Å²) in [5.41, 5.74) is 14.4. The van der Waals surface area contributed by atoms with Gasteiger partial charge in [-0.15, -0.1) is 0 Å². The minimum atomic E-state index is -0.758. The maximum absolute atomic E-state index is 9.50. The minimum absolute atomic E-state index is 0.0279. The molecule has 6 N–H and O–H groups in total. The first-order valence-electron chi connectivity index (χ1n) is 9.46. The van der Waals surface area contributed by atoms with Gasteiger partial charge in [-0.3, -0.25) is 5.32 Å². The van der Waals surface area contributed by atoms with Gasteiger partial charge in [0.25, 0.3) is 0 Å². The van der Waals surface area contributed by atoms with E-state index in [4.69, 9.17) is 33.1 Å². The summed E-state index contributed by atoms with van der Waals surface area (Å²) in [6.45, 7) is 0.319. The first-order chi connectivity index (χ1) is 15.5. The van der Waals surface area contributed by atoms with Crippen molar-refractivity contribution in [2.45, 2.75) is 12.6 Å². The van der Waals surface area contributed by atoms with Gasteiger partial charge < -0.3 is 21.5 Å². The van der Waals surface area contributed by atoms with Crippen LogP contribution in [0.4, 0.5) is 17.3 Å². The third kappa shape index (κ3) is 3.93. The number of hydrogen-bond acceptors (Lipinski definition) is 9. The number of benzene rings is 2. The Morgan fingerprint density at radius 3 is 2.66 bits per heavy atom. The summed E-state index contributed by atoms with van der Waals surface area (Å²) in [5, 5.41) is 24.4. The van der Waals surface area contributed by atoms with Crippen molar-refractivity contribution in [3.8, 4) is 18.0 Å². The van der Waals surface area contributed by atoms with Crippen molar-refractivity contribution >= 4 is 34.9 Å². The van der Waals surface area contributed by atoms with Crippen molar-refractivity contribution in [1.82, 2.24) is 10.3 Å². The first kappa shape index (κ1) is 20.8. The molecule has 0 spiro atoms. The molecule has 0 bridgehead atoms. The van der Waals surface area contributed by atoms with Crippen LogP contribution in [-0.4, -0.2) is 10.9 Å². The Labute approximate surface area is 188 Å². The number of rotatable bonds is 4. The van der Waals surface area contributed by atoms with Crippen LogP contribution in [0.2, 0.25) is 5.02 Å². The molecular formula is C22H17ClN8O. The van der Waals surface area contributed by atoms with Crippen LogP contribution >= 0.6 is 11.6 Å². The van der Waals surface area contributed by atoms with E-state index in [0.29, 0.717) is 28.5 Å². The maximum Gasteiger partial charge on any atom is 0.211 e. The summed E-state index contributed by atoms with van der Waals surface area (Å²) in [4.78, 5) is 8.83. The number of nitrogens with two attached hydrogens (primary N) is 2. The fourth-order valence-corrected chi connectivity index (χ4v) is 3.59. The van der Waals surface area contributed by atoms with E-state index >= 15 is 0 Å². The predicted octanol–water partition coefficient (Wildman–Crippen LogP) is 3.29. The second-order valence-electron chi connectivity index (χ2n) is 6.86. The Balaban J connectivity index is 1.84. The lowest BCUT2D eigenvalue weighted by molar-refractivity contribution is 0.302. The lowest BCUT2D eigenvalue weighted by Gasteiger charge is -2.27. The van der Waals surface area contributed by atoms with Gasteiger partial charge in [0.1, 0.15) is 41.7 Å². The Hall–Kier alpha value is -4.47. The van der Waals surface area contributed by atoms with E-state index < -0.39 is 6.04 Å². The zero-order chi connectivity index (χ0) is 22.7. The van der Waals surface area contributed by atoms with Gasteiger partial charge in [0.15, 0.2) is 6.19 Å². The SMILES string of the molecule is N#CNC1=NC(c2cc(Cl)ccc2OCc2ccccc2)c2c(nc(N)c(C#N)c2N)N1. The molecule has 0 fully saturated rings. The molecule has 158 valence electrons. The van der Waals surface area contributed by atoms with Crippen LogP contribution < -0.4 is 26.8 Å². The Morgan fingerprint density at radius 2 is 1.94 bits per heavy atom. The lowest BCUT2D eigenvalue weighted by Crippen LogP contribution is -2.32. The van der Waals surface area contributed by atoms with E-state index in [1.165, 1.54) is 0 Å². The van der Waals surface area contributed by atoms with Crippen LogP contribution in [0.1, 0.15) is 28.3 Å². The summed E-state index contributed by atoms with van der Waals surface area (Å²) in [7, 11) is 0. The summed E-state index contributed by atoms with van der Waals surface area (Å²) in [6, 6.07) is 16.0. The van der Waals surface area contributed by atoms with Gasteiger partial charge in [-0.05, 0) is 23.8 Å². The zero-order valence-electron chi connectivity index (χ0n) is 16.6. The van der Waals surface area contributed by atoms with Crippen molar-refractivity contribution in [1.29, 1.82) is 10.5 Å². The van der Waals surface area contributed by atoms with Crippen molar-refractivity contribution < 1.29 is 4.74 Å². The molecule has 0 saturated heterocycles. The number of nitrogen functional groups attached to an aromatic ring is 2. The van der Waals surface area contributed by atoms with Crippen molar-refractivity contribution in [3.63, 3.8) is 0 Å². The van der Waals surface area contributed by atoms with Crippen molar-refractivity contribution in [2.24, 2.45) is 4.99 Å². The second kappa shape index (κ2) is 8.72. The fourth-order valence-electron chi connectivity index (χ4n) is 3.41. The molecule has 1 aromatic heterocycles. The number of nitrogens with one attached hydrogen (secondary N) is 2. The second-order valence-corrected chi connectivity index (χ2v) is 7.29. The normalized spacial score (nSPS) is 14.2. The number of hydrogen-bond donors (Lipinski definition) is 4. The van der Waals surface area contributed by atoms with Crippen LogP contribution in [-0.2, 0) is 6.61 Å². The molecule has 0 amide bonds. The molecule has 1 aliphatic heterocycles. The molecule has 1 atom stereocenters. The summed E-state index contributed by atoms with van der Waals surface area (Å²) >= 11 is 6.29. The lowest BCUT2D eigenvalue weighted by atomic mass is 9.94. The number of aliphatic imine (C=N–C) groups is 1. The van der Waals surface area contributed by atoms with E-state index in [0.717, 1.165) is 5.56 Å². The Kier molecular flexibility index (Phi) is 5.67. The summed E-state index contributed by atoms with van der Waals surface area (Å²) in [5.74, 6) is 0.923. The molecular weight excluding hydrogens is 428 g/mol. The number of nitriles is 2. The third-order valence-electron chi connectivity index (χ3n) is 4.86. The topological polar surface area (TPSA) is 158 Å². The van der Waals surface area contributed by atoms with Gasteiger partial charge in [0, 0.05) is 16.1 Å². The fraction of sp³-hybridized carbons (Fsp3) is 0.0909.